The minimum atomic E-state index is -4.94. The van der Waals surface area contributed by atoms with E-state index in [1.54, 1.807) is 0 Å². The van der Waals surface area contributed by atoms with E-state index in [9.17, 15) is 0 Å². The second-order valence-corrected chi connectivity index (χ2v) is 6.87. The van der Waals surface area contributed by atoms with Crippen molar-refractivity contribution in [2.75, 3.05) is 0 Å². The van der Waals surface area contributed by atoms with E-state index >= 15 is 0 Å². The monoisotopic (exact) mass is 372 g/mol. The van der Waals surface area contributed by atoms with Crippen molar-refractivity contribution in [1.82, 2.24) is 0 Å². The second kappa shape index (κ2) is 7.53. The zero-order valence-electron chi connectivity index (χ0n) is 14.1. The Morgan fingerprint density at radius 3 is 1.92 bits per heavy atom. The maximum Gasteiger partial charge on any atom is 0.360 e. The van der Waals surface area contributed by atoms with Crippen LogP contribution in [-0.4, -0.2) is 0 Å². The summed E-state index contributed by atoms with van der Waals surface area (Å²) < 4.78 is 40.2. The molecule has 1 aliphatic carbocycles. The van der Waals surface area contributed by atoms with Crippen LogP contribution in [-0.2, 0) is 12.8 Å². The lowest BCUT2D eigenvalue weighted by Gasteiger charge is -2.17. The molecule has 0 amide bonds. The van der Waals surface area contributed by atoms with Crippen LogP contribution in [0, 0.1) is 17.2 Å². The van der Waals surface area contributed by atoms with Crippen molar-refractivity contribution in [3.05, 3.63) is 88.7 Å². The first-order valence-corrected chi connectivity index (χ1v) is 9.23. The van der Waals surface area contributed by atoms with Gasteiger partial charge < -0.3 is 0 Å². The summed E-state index contributed by atoms with van der Waals surface area (Å²) in [4.78, 5) is 0. The Bertz CT molecular complexity index is 895. The standard InChI is InChI=1S/C20H17O.ClHO4/c1-14-6-8-15(9-7-14)19-11-10-18-12-16-4-2-3-5-17(16)13-20(18)21-19;2-1(3,4)5/h2-11H,12-13H2,1H3;(H,2,3,4,5)/q+1;/p-1. The highest BCUT2D eigenvalue weighted by Gasteiger charge is 2.26. The Morgan fingerprint density at radius 1 is 0.731 bits per heavy atom. The quantitative estimate of drug-likeness (QED) is 0.446. The predicted octanol–water partition coefficient (Wildman–Crippen LogP) is 0.275. The highest BCUT2D eigenvalue weighted by Crippen LogP contribution is 2.30. The zero-order chi connectivity index (χ0) is 18.7. The average Bonchev–Trinajstić information content (AvgIpc) is 2.59. The first-order chi connectivity index (χ1) is 12.3. The third kappa shape index (κ3) is 4.88. The summed E-state index contributed by atoms with van der Waals surface area (Å²) in [5.74, 6) is 2.06. The number of halogens is 1. The first kappa shape index (κ1) is 18.5. The molecule has 1 heterocycles. The molecule has 0 saturated carbocycles. The summed E-state index contributed by atoms with van der Waals surface area (Å²) in [5.41, 5.74) is 6.52. The van der Waals surface area contributed by atoms with Gasteiger partial charge in [-0.1, -0.05) is 42.0 Å². The molecule has 0 radical (unpaired) electrons. The van der Waals surface area contributed by atoms with Gasteiger partial charge in [-0.05, 0) is 36.2 Å². The molecule has 0 bridgehead atoms. The van der Waals surface area contributed by atoms with Crippen molar-refractivity contribution < 1.29 is 33.3 Å². The van der Waals surface area contributed by atoms with Crippen LogP contribution in [0.3, 0.4) is 0 Å². The highest BCUT2D eigenvalue weighted by molar-refractivity contribution is 5.58. The van der Waals surface area contributed by atoms with Gasteiger partial charge in [0.25, 0.3) is 0 Å². The normalized spacial score (nSPS) is 12.5. The maximum atomic E-state index is 8.49. The Labute approximate surface area is 153 Å². The van der Waals surface area contributed by atoms with Gasteiger partial charge in [-0.2, -0.15) is 0 Å². The van der Waals surface area contributed by atoms with Gasteiger partial charge in [0.15, 0.2) is 0 Å². The molecule has 134 valence electrons. The SMILES string of the molecule is Cc1ccc(-c2ccc3c([o+]2)Cc2ccccc2C3)cc1.[O-][Cl+3]([O-])([O-])[O-]. The van der Waals surface area contributed by atoms with Gasteiger partial charge in [-0.15, -0.1) is 10.2 Å². The van der Waals surface area contributed by atoms with Gasteiger partial charge in [0.05, 0.1) is 17.5 Å². The van der Waals surface area contributed by atoms with Crippen molar-refractivity contribution >= 4 is 0 Å². The van der Waals surface area contributed by atoms with Crippen LogP contribution >= 0.6 is 0 Å². The Morgan fingerprint density at radius 2 is 1.31 bits per heavy atom. The summed E-state index contributed by atoms with van der Waals surface area (Å²) in [6, 6.07) is 21.4. The number of hydrogen-bond acceptors (Lipinski definition) is 4. The van der Waals surface area contributed by atoms with Crippen LogP contribution in [0.2, 0.25) is 0 Å². The van der Waals surface area contributed by atoms with Gasteiger partial charge in [0.1, 0.15) is 0 Å². The maximum absolute atomic E-state index is 8.49. The number of benzene rings is 2. The fourth-order valence-electron chi connectivity index (χ4n) is 2.96. The van der Waals surface area contributed by atoms with Crippen LogP contribution < -0.4 is 18.6 Å². The van der Waals surface area contributed by atoms with Crippen molar-refractivity contribution in [3.63, 3.8) is 0 Å². The van der Waals surface area contributed by atoms with Gasteiger partial charge in [-0.25, -0.2) is 23.1 Å². The minimum Gasteiger partial charge on any atom is -0.222 e. The van der Waals surface area contributed by atoms with Crippen LogP contribution in [0.1, 0.15) is 28.0 Å². The molecule has 0 aliphatic heterocycles. The van der Waals surface area contributed by atoms with E-state index in [2.05, 4.69) is 67.6 Å². The zero-order valence-corrected chi connectivity index (χ0v) is 14.9. The Hall–Kier alpha value is -2.28. The lowest BCUT2D eigenvalue weighted by atomic mass is 9.90. The molecule has 5 nitrogen and oxygen atoms in total. The molecule has 1 aliphatic rings. The largest absolute Gasteiger partial charge is 0.360 e. The molecule has 3 aromatic rings. The van der Waals surface area contributed by atoms with E-state index in [1.807, 2.05) is 0 Å². The number of rotatable bonds is 1. The van der Waals surface area contributed by atoms with Crippen LogP contribution in [0.5, 0.6) is 0 Å². The molecule has 0 saturated heterocycles. The van der Waals surface area contributed by atoms with Crippen molar-refractivity contribution in [3.8, 4) is 11.3 Å². The fraction of sp³-hybridized carbons (Fsp3) is 0.150. The fourth-order valence-corrected chi connectivity index (χ4v) is 2.96. The molecule has 6 heteroatoms. The van der Waals surface area contributed by atoms with Gasteiger partial charge >= 0.3 is 11.5 Å². The molecular weight excluding hydrogens is 356 g/mol. The van der Waals surface area contributed by atoms with Crippen molar-refractivity contribution in [2.45, 2.75) is 19.8 Å². The molecule has 0 unspecified atom stereocenters. The molecule has 26 heavy (non-hydrogen) atoms. The van der Waals surface area contributed by atoms with Gasteiger partial charge in [0, 0.05) is 12.5 Å². The van der Waals surface area contributed by atoms with E-state index < -0.39 is 10.2 Å². The summed E-state index contributed by atoms with van der Waals surface area (Å²) in [6.07, 6.45) is 1.87. The Balaban J connectivity index is 0.000000349. The van der Waals surface area contributed by atoms with Crippen LogP contribution in [0.25, 0.3) is 11.3 Å². The molecular formula is C20H17ClO5. The Kier molecular flexibility index (Phi) is 5.36. The van der Waals surface area contributed by atoms with E-state index in [0.29, 0.717) is 0 Å². The van der Waals surface area contributed by atoms with Crippen molar-refractivity contribution in [2.24, 2.45) is 0 Å². The second-order valence-electron chi connectivity index (χ2n) is 6.11. The van der Waals surface area contributed by atoms with E-state index in [-0.39, 0.29) is 0 Å². The van der Waals surface area contributed by atoms with E-state index in [1.165, 1.54) is 22.3 Å². The summed E-state index contributed by atoms with van der Waals surface area (Å²) >= 11 is 0. The van der Waals surface area contributed by atoms with Gasteiger partial charge in [-0.3, -0.25) is 0 Å². The number of fused-ring (bicyclic) bond motifs is 2. The molecule has 1 aromatic heterocycles. The lowest BCUT2D eigenvalue weighted by Crippen LogP contribution is -2.68. The smallest absolute Gasteiger partial charge is 0.222 e. The predicted molar refractivity (Wildman–Crippen MR) is 85.3 cm³/mol. The van der Waals surface area contributed by atoms with E-state index in [0.717, 1.165) is 29.9 Å². The number of aryl methyl sites for hydroxylation is 1. The summed E-state index contributed by atoms with van der Waals surface area (Å²) in [5, 5.41) is 0. The first-order valence-electron chi connectivity index (χ1n) is 8.00. The van der Waals surface area contributed by atoms with Crippen LogP contribution in [0.15, 0.2) is 65.1 Å². The molecule has 0 N–H and O–H groups in total. The third-order valence-electron chi connectivity index (χ3n) is 4.21. The molecule has 0 fully saturated rings. The summed E-state index contributed by atoms with van der Waals surface area (Å²) in [6.45, 7) is 2.10. The van der Waals surface area contributed by atoms with Crippen LogP contribution in [0.4, 0.5) is 0 Å². The van der Waals surface area contributed by atoms with E-state index in [4.69, 9.17) is 23.1 Å². The number of hydrogen-bond donors (Lipinski definition) is 0. The lowest BCUT2D eigenvalue weighted by molar-refractivity contribution is -2.00. The van der Waals surface area contributed by atoms with Crippen molar-refractivity contribution in [1.29, 1.82) is 0 Å². The topological polar surface area (TPSA) is 104 Å². The molecule has 4 rings (SSSR count). The summed E-state index contributed by atoms with van der Waals surface area (Å²) in [7, 11) is -4.94. The molecule has 0 atom stereocenters. The average molecular weight is 373 g/mol. The third-order valence-corrected chi connectivity index (χ3v) is 4.21. The minimum absolute atomic E-state index is 0.894. The highest BCUT2D eigenvalue weighted by atomic mass is 35.7. The van der Waals surface area contributed by atoms with Gasteiger partial charge in [0.2, 0.25) is 0 Å². The molecule has 2 aromatic carbocycles. The molecule has 0 spiro atoms.